The zero-order valence-electron chi connectivity index (χ0n) is 14.5. The first-order valence-electron chi connectivity index (χ1n) is 9.05. The number of aliphatic hydroxyl groups excluding tert-OH is 1. The van der Waals surface area contributed by atoms with Gasteiger partial charge in [-0.05, 0) is 48.9 Å². The fourth-order valence-electron chi connectivity index (χ4n) is 4.24. The number of fused-ring (bicyclic) bond motifs is 1. The summed E-state index contributed by atoms with van der Waals surface area (Å²) in [6, 6.07) is 9.73. The summed E-state index contributed by atoms with van der Waals surface area (Å²) in [5.74, 6) is 1.16. The lowest BCUT2D eigenvalue weighted by Crippen LogP contribution is -2.29. The van der Waals surface area contributed by atoms with Gasteiger partial charge >= 0.3 is 0 Å². The third-order valence-electron chi connectivity index (χ3n) is 5.46. The van der Waals surface area contributed by atoms with Gasteiger partial charge in [-0.1, -0.05) is 12.1 Å². The normalized spacial score (nSPS) is 26.6. The van der Waals surface area contributed by atoms with Crippen molar-refractivity contribution < 1.29 is 19.3 Å². The van der Waals surface area contributed by atoms with Crippen molar-refractivity contribution in [3.63, 3.8) is 0 Å². The van der Waals surface area contributed by atoms with Gasteiger partial charge in [0.2, 0.25) is 0 Å². The predicted octanol–water partition coefficient (Wildman–Crippen LogP) is 2.75. The van der Waals surface area contributed by atoms with E-state index in [9.17, 15) is 14.6 Å². The van der Waals surface area contributed by atoms with Crippen molar-refractivity contribution in [1.82, 2.24) is 9.88 Å². The fraction of sp³-hybridized carbons (Fsp3) is 0.450. The summed E-state index contributed by atoms with van der Waals surface area (Å²) in [5, 5.41) is 19.6. The maximum Gasteiger partial charge on any atom is 0.165 e. The summed E-state index contributed by atoms with van der Waals surface area (Å²) < 4.78 is 19.6. The number of aliphatic hydroxyl groups is 1. The van der Waals surface area contributed by atoms with Crippen LogP contribution in [0, 0.1) is 17.7 Å². The molecule has 6 heteroatoms. The lowest BCUT2D eigenvalue weighted by Gasteiger charge is -2.22. The van der Waals surface area contributed by atoms with E-state index in [-0.39, 0.29) is 17.7 Å². The van der Waals surface area contributed by atoms with Gasteiger partial charge in [0.25, 0.3) is 0 Å². The molecule has 1 aliphatic heterocycles. The molecule has 2 aliphatic rings. The Morgan fingerprint density at radius 1 is 1.15 bits per heavy atom. The number of halogens is 1. The van der Waals surface area contributed by atoms with Crippen molar-refractivity contribution in [2.24, 2.45) is 11.8 Å². The molecule has 5 nitrogen and oxygen atoms in total. The number of hydrogen-bond donors (Lipinski definition) is 2. The highest BCUT2D eigenvalue weighted by Gasteiger charge is 2.42. The van der Waals surface area contributed by atoms with Crippen LogP contribution in [0.15, 0.2) is 42.6 Å². The van der Waals surface area contributed by atoms with E-state index < -0.39 is 6.10 Å². The number of benzene rings is 1. The molecule has 1 saturated heterocycles. The maximum atomic E-state index is 13.7. The molecule has 1 aromatic heterocycles. The summed E-state index contributed by atoms with van der Waals surface area (Å²) >= 11 is 0. The van der Waals surface area contributed by atoms with Crippen LogP contribution in [-0.2, 0) is 0 Å². The third-order valence-corrected chi connectivity index (χ3v) is 5.46. The molecule has 4 atom stereocenters. The average molecular weight is 358 g/mol. The predicted molar refractivity (Wildman–Crippen MR) is 94.3 cm³/mol. The summed E-state index contributed by atoms with van der Waals surface area (Å²) in [7, 11) is 0. The van der Waals surface area contributed by atoms with Crippen LogP contribution in [0.3, 0.4) is 0 Å². The topological polar surface area (TPSA) is 65.8 Å². The quantitative estimate of drug-likeness (QED) is 0.860. The van der Waals surface area contributed by atoms with E-state index in [4.69, 9.17) is 4.74 Å². The van der Waals surface area contributed by atoms with Gasteiger partial charge in [0.1, 0.15) is 11.9 Å². The molecule has 0 radical (unpaired) electrons. The molecule has 138 valence electrons. The molecular weight excluding hydrogens is 335 g/mol. The minimum absolute atomic E-state index is 0.0627. The Bertz CT molecular complexity index is 741. The Balaban J connectivity index is 1.29. The van der Waals surface area contributed by atoms with E-state index in [0.29, 0.717) is 29.8 Å². The number of hydrogen-bond acceptors (Lipinski definition) is 5. The van der Waals surface area contributed by atoms with E-state index in [1.165, 1.54) is 18.3 Å². The molecule has 2 heterocycles. The molecule has 0 bridgehead atoms. The number of likely N-dealkylation sites (tertiary alicyclic amines) is 1. The molecule has 0 amide bonds. The standard InChI is InChI=1S/C20H23FN2O3/c21-17-3-1-2-4-20(17)26-16-7-13-10-23(11-14(13)8-16)12-19(25)18-6-5-15(24)9-22-18/h1-6,9,13-14,16,19,24-25H,7-8,10-12H2/t13-,14+,16+,19-/m0/s1. The molecule has 26 heavy (non-hydrogen) atoms. The van der Waals surface area contributed by atoms with Gasteiger partial charge in [-0.15, -0.1) is 0 Å². The largest absolute Gasteiger partial charge is 0.506 e. The molecule has 2 aromatic rings. The number of nitrogens with zero attached hydrogens (tertiary/aromatic N) is 2. The molecule has 2 fully saturated rings. The summed E-state index contributed by atoms with van der Waals surface area (Å²) in [4.78, 5) is 6.34. The van der Waals surface area contributed by atoms with Gasteiger partial charge in [-0.25, -0.2) is 4.39 Å². The minimum atomic E-state index is -0.667. The van der Waals surface area contributed by atoms with Gasteiger partial charge in [0, 0.05) is 19.6 Å². The molecule has 2 N–H and O–H groups in total. The second-order valence-corrected chi connectivity index (χ2v) is 7.34. The minimum Gasteiger partial charge on any atom is -0.506 e. The van der Waals surface area contributed by atoms with Gasteiger partial charge < -0.3 is 14.9 Å². The molecule has 1 aromatic carbocycles. The van der Waals surface area contributed by atoms with Crippen molar-refractivity contribution in [1.29, 1.82) is 0 Å². The lowest BCUT2D eigenvalue weighted by atomic mass is 10.0. The molecule has 1 saturated carbocycles. The number of aromatic nitrogens is 1. The first-order valence-corrected chi connectivity index (χ1v) is 9.05. The first kappa shape index (κ1) is 17.2. The summed E-state index contributed by atoms with van der Waals surface area (Å²) in [6.45, 7) is 2.36. The van der Waals surface area contributed by atoms with Crippen LogP contribution >= 0.6 is 0 Å². The second-order valence-electron chi connectivity index (χ2n) is 7.34. The van der Waals surface area contributed by atoms with Crippen LogP contribution in [0.2, 0.25) is 0 Å². The Labute approximate surface area is 152 Å². The van der Waals surface area contributed by atoms with E-state index in [1.807, 2.05) is 0 Å². The Kier molecular flexibility index (Phi) is 4.78. The smallest absolute Gasteiger partial charge is 0.165 e. The fourth-order valence-corrected chi connectivity index (χ4v) is 4.24. The molecule has 4 rings (SSSR count). The van der Waals surface area contributed by atoms with Gasteiger partial charge in [-0.2, -0.15) is 0 Å². The van der Waals surface area contributed by atoms with E-state index in [0.717, 1.165) is 25.9 Å². The third kappa shape index (κ3) is 3.66. The van der Waals surface area contributed by atoms with Crippen molar-refractivity contribution in [3.05, 3.63) is 54.1 Å². The van der Waals surface area contributed by atoms with Gasteiger partial charge in [0.05, 0.1) is 18.0 Å². The zero-order chi connectivity index (χ0) is 18.1. The number of β-amino-alcohol motifs (C(OH)–C–C–N with tert-alkyl or cyclic N) is 1. The Hall–Kier alpha value is -2.18. The highest BCUT2D eigenvalue weighted by molar-refractivity contribution is 5.24. The van der Waals surface area contributed by atoms with Crippen LogP contribution in [0.25, 0.3) is 0 Å². The molecule has 0 spiro atoms. The molecule has 1 aliphatic carbocycles. The lowest BCUT2D eigenvalue weighted by molar-refractivity contribution is 0.112. The second kappa shape index (κ2) is 7.21. The van der Waals surface area contributed by atoms with Crippen molar-refractivity contribution in [2.75, 3.05) is 19.6 Å². The monoisotopic (exact) mass is 358 g/mol. The van der Waals surface area contributed by atoms with Crippen LogP contribution < -0.4 is 4.74 Å². The maximum absolute atomic E-state index is 13.7. The average Bonchev–Trinajstić information content (AvgIpc) is 3.15. The number of pyridine rings is 1. The Morgan fingerprint density at radius 3 is 2.54 bits per heavy atom. The van der Waals surface area contributed by atoms with Crippen LogP contribution in [0.4, 0.5) is 4.39 Å². The van der Waals surface area contributed by atoms with Crippen LogP contribution in [0.5, 0.6) is 11.5 Å². The number of para-hydroxylation sites is 1. The van der Waals surface area contributed by atoms with E-state index in [1.54, 1.807) is 24.3 Å². The SMILES string of the molecule is Oc1ccc([C@@H](O)CN2C[C@H]3C[C@H](Oc4ccccc4F)C[C@H]3C2)nc1. The molecular formula is C20H23FN2O3. The highest BCUT2D eigenvalue weighted by atomic mass is 19.1. The van der Waals surface area contributed by atoms with Crippen molar-refractivity contribution in [2.45, 2.75) is 25.0 Å². The number of aromatic hydroxyl groups is 1. The summed E-state index contributed by atoms with van der Waals surface area (Å²) in [6.07, 6.45) is 2.58. The van der Waals surface area contributed by atoms with E-state index in [2.05, 4.69) is 9.88 Å². The van der Waals surface area contributed by atoms with Crippen LogP contribution in [-0.4, -0.2) is 45.8 Å². The van der Waals surface area contributed by atoms with Crippen molar-refractivity contribution in [3.8, 4) is 11.5 Å². The molecule has 0 unspecified atom stereocenters. The Morgan fingerprint density at radius 2 is 1.88 bits per heavy atom. The summed E-state index contributed by atoms with van der Waals surface area (Å²) in [5.41, 5.74) is 0.570. The van der Waals surface area contributed by atoms with Gasteiger partial charge in [-0.3, -0.25) is 9.88 Å². The number of rotatable bonds is 5. The highest BCUT2D eigenvalue weighted by Crippen LogP contribution is 2.40. The first-order chi connectivity index (χ1) is 12.6. The van der Waals surface area contributed by atoms with E-state index >= 15 is 0 Å². The van der Waals surface area contributed by atoms with Crippen molar-refractivity contribution >= 4 is 0 Å². The zero-order valence-corrected chi connectivity index (χ0v) is 14.5. The van der Waals surface area contributed by atoms with Crippen LogP contribution in [0.1, 0.15) is 24.6 Å². The van der Waals surface area contributed by atoms with Gasteiger partial charge in [0.15, 0.2) is 11.6 Å². The number of ether oxygens (including phenoxy) is 1.